The molecule has 20 heavy (non-hydrogen) atoms. The maximum atomic E-state index is 5.74. The van der Waals surface area contributed by atoms with E-state index in [4.69, 9.17) is 9.47 Å². The predicted molar refractivity (Wildman–Crippen MR) is 84.2 cm³/mol. The molecule has 0 aliphatic carbocycles. The fourth-order valence-corrected chi connectivity index (χ4v) is 2.32. The standard InChI is InChI=1S/C15H24N2O2.ClH/c1-3-18-14-6-5-13(15(11-14)19-4-2)12-17-9-7-16-8-10-17;/h5-6,11,16H,3-4,7-10,12H2,1-2H3;1H. The molecule has 0 radical (unpaired) electrons. The molecule has 1 heterocycles. The molecule has 1 aromatic carbocycles. The average Bonchev–Trinajstić information content (AvgIpc) is 2.43. The zero-order chi connectivity index (χ0) is 13.5. The minimum Gasteiger partial charge on any atom is -0.494 e. The van der Waals surface area contributed by atoms with Gasteiger partial charge < -0.3 is 14.8 Å². The van der Waals surface area contributed by atoms with Crippen molar-refractivity contribution in [1.82, 2.24) is 10.2 Å². The lowest BCUT2D eigenvalue weighted by molar-refractivity contribution is 0.228. The number of hydrogen-bond acceptors (Lipinski definition) is 4. The number of nitrogens with one attached hydrogen (secondary N) is 1. The van der Waals surface area contributed by atoms with Crippen LogP contribution in [0.3, 0.4) is 0 Å². The highest BCUT2D eigenvalue weighted by atomic mass is 35.5. The van der Waals surface area contributed by atoms with Crippen LogP contribution in [0.25, 0.3) is 0 Å². The number of hydrogen-bond donors (Lipinski definition) is 1. The molecule has 0 aromatic heterocycles. The van der Waals surface area contributed by atoms with E-state index in [-0.39, 0.29) is 12.4 Å². The summed E-state index contributed by atoms with van der Waals surface area (Å²) in [6.07, 6.45) is 0. The Morgan fingerprint density at radius 1 is 1.10 bits per heavy atom. The molecule has 5 heteroatoms. The molecule has 4 nitrogen and oxygen atoms in total. The molecule has 0 amide bonds. The number of ether oxygens (including phenoxy) is 2. The summed E-state index contributed by atoms with van der Waals surface area (Å²) in [5.41, 5.74) is 1.24. The van der Waals surface area contributed by atoms with Crippen molar-refractivity contribution in [1.29, 1.82) is 0 Å². The van der Waals surface area contributed by atoms with Gasteiger partial charge in [-0.15, -0.1) is 12.4 Å². The van der Waals surface area contributed by atoms with Crippen LogP contribution in [-0.4, -0.2) is 44.3 Å². The molecule has 1 N–H and O–H groups in total. The first kappa shape index (κ1) is 17.1. The highest BCUT2D eigenvalue weighted by Crippen LogP contribution is 2.26. The fourth-order valence-electron chi connectivity index (χ4n) is 2.32. The van der Waals surface area contributed by atoms with Crippen LogP contribution in [0, 0.1) is 0 Å². The Kier molecular flexibility index (Phi) is 7.73. The molecule has 1 saturated heterocycles. The van der Waals surface area contributed by atoms with Crippen LogP contribution in [0.2, 0.25) is 0 Å². The molecule has 0 bridgehead atoms. The molecule has 1 aliphatic heterocycles. The van der Waals surface area contributed by atoms with Crippen LogP contribution in [0.1, 0.15) is 19.4 Å². The summed E-state index contributed by atoms with van der Waals surface area (Å²) in [6.45, 7) is 10.7. The van der Waals surface area contributed by atoms with E-state index in [0.717, 1.165) is 44.2 Å². The second-order valence-corrected chi connectivity index (χ2v) is 4.66. The van der Waals surface area contributed by atoms with Crippen molar-refractivity contribution < 1.29 is 9.47 Å². The Bertz CT molecular complexity index is 395. The van der Waals surface area contributed by atoms with Crippen LogP contribution >= 0.6 is 12.4 Å². The normalized spacial score (nSPS) is 15.5. The van der Waals surface area contributed by atoms with Gasteiger partial charge >= 0.3 is 0 Å². The van der Waals surface area contributed by atoms with Crippen molar-refractivity contribution in [3.05, 3.63) is 23.8 Å². The Morgan fingerprint density at radius 3 is 2.45 bits per heavy atom. The molecular weight excluding hydrogens is 276 g/mol. The molecule has 114 valence electrons. The number of rotatable bonds is 6. The van der Waals surface area contributed by atoms with Crippen LogP contribution < -0.4 is 14.8 Å². The van der Waals surface area contributed by atoms with Crippen LogP contribution in [0.15, 0.2) is 18.2 Å². The summed E-state index contributed by atoms with van der Waals surface area (Å²) in [7, 11) is 0. The minimum absolute atomic E-state index is 0. The van der Waals surface area contributed by atoms with E-state index in [0.29, 0.717) is 13.2 Å². The van der Waals surface area contributed by atoms with Crippen molar-refractivity contribution in [2.24, 2.45) is 0 Å². The van der Waals surface area contributed by atoms with Gasteiger partial charge in [0.25, 0.3) is 0 Å². The SMILES string of the molecule is CCOc1ccc(CN2CCNCC2)c(OCC)c1.Cl. The van der Waals surface area contributed by atoms with Gasteiger partial charge in [0.15, 0.2) is 0 Å². The summed E-state index contributed by atoms with van der Waals surface area (Å²) in [4.78, 5) is 2.45. The van der Waals surface area contributed by atoms with E-state index in [1.165, 1.54) is 5.56 Å². The van der Waals surface area contributed by atoms with E-state index in [9.17, 15) is 0 Å². The average molecular weight is 301 g/mol. The lowest BCUT2D eigenvalue weighted by atomic mass is 10.1. The second kappa shape index (κ2) is 9.06. The molecule has 0 saturated carbocycles. The second-order valence-electron chi connectivity index (χ2n) is 4.66. The van der Waals surface area contributed by atoms with Crippen molar-refractivity contribution >= 4 is 12.4 Å². The third-order valence-electron chi connectivity index (χ3n) is 3.25. The van der Waals surface area contributed by atoms with Gasteiger partial charge in [0, 0.05) is 44.4 Å². The van der Waals surface area contributed by atoms with Crippen LogP contribution in [0.5, 0.6) is 11.5 Å². The van der Waals surface area contributed by atoms with Crippen LogP contribution in [-0.2, 0) is 6.54 Å². The maximum absolute atomic E-state index is 5.74. The molecule has 0 unspecified atom stereocenters. The van der Waals surface area contributed by atoms with Gasteiger partial charge in [-0.2, -0.15) is 0 Å². The monoisotopic (exact) mass is 300 g/mol. The first-order valence-electron chi connectivity index (χ1n) is 7.15. The molecular formula is C15H25ClN2O2. The van der Waals surface area contributed by atoms with Gasteiger partial charge in [0.1, 0.15) is 11.5 Å². The Morgan fingerprint density at radius 2 is 1.80 bits per heavy atom. The summed E-state index contributed by atoms with van der Waals surface area (Å²) >= 11 is 0. The predicted octanol–water partition coefficient (Wildman–Crippen LogP) is 2.31. The lowest BCUT2D eigenvalue weighted by Crippen LogP contribution is -2.42. The van der Waals surface area contributed by atoms with E-state index in [1.54, 1.807) is 0 Å². The van der Waals surface area contributed by atoms with Gasteiger partial charge in [-0.1, -0.05) is 6.07 Å². The maximum Gasteiger partial charge on any atom is 0.127 e. The number of piperazine rings is 1. The van der Waals surface area contributed by atoms with Crippen molar-refractivity contribution in [2.45, 2.75) is 20.4 Å². The zero-order valence-electron chi connectivity index (χ0n) is 12.4. The molecule has 0 spiro atoms. The van der Waals surface area contributed by atoms with Crippen molar-refractivity contribution in [2.75, 3.05) is 39.4 Å². The first-order chi connectivity index (χ1) is 9.33. The molecule has 1 aliphatic rings. The van der Waals surface area contributed by atoms with E-state index in [2.05, 4.69) is 16.3 Å². The van der Waals surface area contributed by atoms with E-state index < -0.39 is 0 Å². The molecule has 2 rings (SSSR count). The van der Waals surface area contributed by atoms with E-state index >= 15 is 0 Å². The van der Waals surface area contributed by atoms with Gasteiger partial charge in [-0.25, -0.2) is 0 Å². The Labute approximate surface area is 127 Å². The Hall–Kier alpha value is -0.970. The summed E-state index contributed by atoms with van der Waals surface area (Å²) in [5.74, 6) is 1.84. The lowest BCUT2D eigenvalue weighted by Gasteiger charge is -2.28. The fraction of sp³-hybridized carbons (Fsp3) is 0.600. The summed E-state index contributed by atoms with van der Waals surface area (Å²) < 4.78 is 11.3. The highest BCUT2D eigenvalue weighted by Gasteiger charge is 2.13. The van der Waals surface area contributed by atoms with Gasteiger partial charge in [0.2, 0.25) is 0 Å². The Balaban J connectivity index is 0.00000200. The number of nitrogens with zero attached hydrogens (tertiary/aromatic N) is 1. The van der Waals surface area contributed by atoms with Crippen molar-refractivity contribution in [3.8, 4) is 11.5 Å². The quantitative estimate of drug-likeness (QED) is 0.874. The summed E-state index contributed by atoms with van der Waals surface area (Å²) in [6, 6.07) is 6.16. The van der Waals surface area contributed by atoms with Crippen molar-refractivity contribution in [3.63, 3.8) is 0 Å². The number of halogens is 1. The highest BCUT2D eigenvalue weighted by molar-refractivity contribution is 5.85. The third kappa shape index (κ3) is 4.85. The van der Waals surface area contributed by atoms with Gasteiger partial charge in [-0.05, 0) is 19.9 Å². The van der Waals surface area contributed by atoms with E-state index in [1.807, 2.05) is 26.0 Å². The molecule has 1 aromatic rings. The smallest absolute Gasteiger partial charge is 0.127 e. The minimum atomic E-state index is 0. The zero-order valence-corrected chi connectivity index (χ0v) is 13.2. The molecule has 0 atom stereocenters. The largest absolute Gasteiger partial charge is 0.494 e. The number of benzene rings is 1. The summed E-state index contributed by atoms with van der Waals surface area (Å²) in [5, 5.41) is 3.37. The van der Waals surface area contributed by atoms with Crippen LogP contribution in [0.4, 0.5) is 0 Å². The molecule has 1 fully saturated rings. The first-order valence-corrected chi connectivity index (χ1v) is 7.15. The van der Waals surface area contributed by atoms with Gasteiger partial charge in [0.05, 0.1) is 13.2 Å². The van der Waals surface area contributed by atoms with Gasteiger partial charge in [-0.3, -0.25) is 4.90 Å². The topological polar surface area (TPSA) is 33.7 Å². The third-order valence-corrected chi connectivity index (χ3v) is 3.25.